The van der Waals surface area contributed by atoms with E-state index in [1.54, 1.807) is 6.07 Å². The zero-order valence-electron chi connectivity index (χ0n) is 11.1. The second kappa shape index (κ2) is 5.61. The largest absolute Gasteiger partial charge is 0.398 e. The highest BCUT2D eigenvalue weighted by Gasteiger charge is 2.12. The van der Waals surface area contributed by atoms with Crippen molar-refractivity contribution in [3.05, 3.63) is 59.4 Å². The number of para-hydroxylation sites is 1. The highest BCUT2D eigenvalue weighted by molar-refractivity contribution is 5.93. The van der Waals surface area contributed by atoms with Crippen LogP contribution in [0.15, 0.2) is 42.5 Å². The van der Waals surface area contributed by atoms with Gasteiger partial charge < -0.3 is 16.8 Å². The Balaban J connectivity index is 2.22. The first-order chi connectivity index (χ1) is 9.49. The standard InChI is InChI=1S/C15H16FN3O/c1-9(11-4-2-3-5-13(11)17)19-14-7-6-10(15(18)20)8-12(14)16/h2-9,19H,17H2,1H3,(H2,18,20). The Kier molecular flexibility index (Phi) is 3.89. The molecular weight excluding hydrogens is 257 g/mol. The number of nitrogens with one attached hydrogen (secondary N) is 1. The third-order valence-corrected chi connectivity index (χ3v) is 3.09. The van der Waals surface area contributed by atoms with E-state index < -0.39 is 11.7 Å². The minimum Gasteiger partial charge on any atom is -0.398 e. The Morgan fingerprint density at radius 3 is 2.55 bits per heavy atom. The van der Waals surface area contributed by atoms with E-state index >= 15 is 0 Å². The zero-order chi connectivity index (χ0) is 14.7. The molecule has 1 amide bonds. The van der Waals surface area contributed by atoms with Gasteiger partial charge in [0.15, 0.2) is 0 Å². The number of amides is 1. The summed E-state index contributed by atoms with van der Waals surface area (Å²) in [5, 5.41) is 3.03. The summed E-state index contributed by atoms with van der Waals surface area (Å²) in [4.78, 5) is 11.0. The van der Waals surface area contributed by atoms with Gasteiger partial charge in [-0.2, -0.15) is 0 Å². The van der Waals surface area contributed by atoms with Crippen LogP contribution in [0.1, 0.15) is 28.9 Å². The van der Waals surface area contributed by atoms with Gasteiger partial charge >= 0.3 is 0 Å². The second-order valence-corrected chi connectivity index (χ2v) is 4.55. The van der Waals surface area contributed by atoms with Crippen molar-refractivity contribution in [2.24, 2.45) is 5.73 Å². The molecule has 5 heteroatoms. The number of carbonyl (C=O) groups is 1. The Hall–Kier alpha value is -2.56. The summed E-state index contributed by atoms with van der Waals surface area (Å²) in [5.74, 6) is -1.18. The van der Waals surface area contributed by atoms with Crippen LogP contribution in [-0.4, -0.2) is 5.91 Å². The van der Waals surface area contributed by atoms with Crippen molar-refractivity contribution in [2.45, 2.75) is 13.0 Å². The van der Waals surface area contributed by atoms with Crippen LogP contribution in [0.5, 0.6) is 0 Å². The van der Waals surface area contributed by atoms with E-state index in [-0.39, 0.29) is 11.6 Å². The summed E-state index contributed by atoms with van der Waals surface area (Å²) in [6.07, 6.45) is 0. The lowest BCUT2D eigenvalue weighted by Crippen LogP contribution is -2.13. The molecule has 0 aliphatic carbocycles. The fraction of sp³-hybridized carbons (Fsp3) is 0.133. The van der Waals surface area contributed by atoms with Crippen LogP contribution < -0.4 is 16.8 Å². The maximum atomic E-state index is 13.9. The molecule has 0 spiro atoms. The Bertz CT molecular complexity index is 643. The van der Waals surface area contributed by atoms with Crippen molar-refractivity contribution in [3.63, 3.8) is 0 Å². The first-order valence-corrected chi connectivity index (χ1v) is 6.19. The molecule has 5 N–H and O–H groups in total. The number of anilines is 2. The van der Waals surface area contributed by atoms with Gasteiger partial charge in [0, 0.05) is 11.3 Å². The predicted molar refractivity (Wildman–Crippen MR) is 77.8 cm³/mol. The fourth-order valence-corrected chi connectivity index (χ4v) is 2.00. The molecule has 4 nitrogen and oxygen atoms in total. The molecule has 0 bridgehead atoms. The smallest absolute Gasteiger partial charge is 0.248 e. The van der Waals surface area contributed by atoms with Crippen LogP contribution in [0, 0.1) is 5.82 Å². The normalized spacial score (nSPS) is 11.9. The second-order valence-electron chi connectivity index (χ2n) is 4.55. The summed E-state index contributed by atoms with van der Waals surface area (Å²) in [5.41, 5.74) is 12.9. The van der Waals surface area contributed by atoms with Crippen molar-refractivity contribution < 1.29 is 9.18 Å². The molecule has 2 rings (SSSR count). The molecular formula is C15H16FN3O. The number of carbonyl (C=O) groups excluding carboxylic acids is 1. The maximum absolute atomic E-state index is 13.9. The lowest BCUT2D eigenvalue weighted by Gasteiger charge is -2.18. The summed E-state index contributed by atoms with van der Waals surface area (Å²) >= 11 is 0. The number of hydrogen-bond acceptors (Lipinski definition) is 3. The Labute approximate surface area is 116 Å². The summed E-state index contributed by atoms with van der Waals surface area (Å²) < 4.78 is 13.9. The molecule has 1 atom stereocenters. The number of nitrogens with two attached hydrogens (primary N) is 2. The molecule has 1 unspecified atom stereocenters. The molecule has 0 heterocycles. The van der Waals surface area contributed by atoms with E-state index in [0.717, 1.165) is 11.6 Å². The number of rotatable bonds is 4. The van der Waals surface area contributed by atoms with E-state index in [2.05, 4.69) is 5.32 Å². The van der Waals surface area contributed by atoms with Gasteiger partial charge in [-0.25, -0.2) is 4.39 Å². The van der Waals surface area contributed by atoms with Crippen LogP contribution in [0.3, 0.4) is 0 Å². The van der Waals surface area contributed by atoms with Crippen LogP contribution >= 0.6 is 0 Å². The van der Waals surface area contributed by atoms with Gasteiger partial charge in [0.05, 0.1) is 11.7 Å². The van der Waals surface area contributed by atoms with Crippen LogP contribution in [-0.2, 0) is 0 Å². The van der Waals surface area contributed by atoms with Gasteiger partial charge in [0.1, 0.15) is 5.82 Å². The van der Waals surface area contributed by atoms with Gasteiger partial charge in [-0.15, -0.1) is 0 Å². The third kappa shape index (κ3) is 2.88. The fourth-order valence-electron chi connectivity index (χ4n) is 2.00. The number of benzene rings is 2. The molecule has 0 aliphatic rings. The quantitative estimate of drug-likeness (QED) is 0.749. The van der Waals surface area contributed by atoms with E-state index in [0.29, 0.717) is 11.4 Å². The van der Waals surface area contributed by atoms with Crippen LogP contribution in [0.4, 0.5) is 15.8 Å². The monoisotopic (exact) mass is 273 g/mol. The highest BCUT2D eigenvalue weighted by atomic mass is 19.1. The molecule has 0 aliphatic heterocycles. The first kappa shape index (κ1) is 13.9. The third-order valence-electron chi connectivity index (χ3n) is 3.09. The van der Waals surface area contributed by atoms with Crippen molar-refractivity contribution >= 4 is 17.3 Å². The molecule has 2 aromatic carbocycles. The molecule has 0 fully saturated rings. The van der Waals surface area contributed by atoms with Gasteiger partial charge in [-0.1, -0.05) is 18.2 Å². The van der Waals surface area contributed by atoms with E-state index in [4.69, 9.17) is 11.5 Å². The molecule has 20 heavy (non-hydrogen) atoms. The lowest BCUT2D eigenvalue weighted by atomic mass is 10.1. The number of nitrogen functional groups attached to an aromatic ring is 1. The van der Waals surface area contributed by atoms with Gasteiger partial charge in [0.2, 0.25) is 5.91 Å². The lowest BCUT2D eigenvalue weighted by molar-refractivity contribution is 0.1000. The molecule has 0 radical (unpaired) electrons. The number of primary amides is 1. The minimum absolute atomic E-state index is 0.139. The average Bonchev–Trinajstić information content (AvgIpc) is 2.41. The van der Waals surface area contributed by atoms with E-state index in [9.17, 15) is 9.18 Å². The Morgan fingerprint density at radius 2 is 1.95 bits per heavy atom. The maximum Gasteiger partial charge on any atom is 0.248 e. The molecule has 0 aromatic heterocycles. The van der Waals surface area contributed by atoms with Crippen molar-refractivity contribution in [1.82, 2.24) is 0 Å². The SMILES string of the molecule is CC(Nc1ccc(C(N)=O)cc1F)c1ccccc1N. The summed E-state index contributed by atoms with van der Waals surface area (Å²) in [7, 11) is 0. The topological polar surface area (TPSA) is 81.1 Å². The Morgan fingerprint density at radius 1 is 1.25 bits per heavy atom. The van der Waals surface area contributed by atoms with Crippen LogP contribution in [0.2, 0.25) is 0 Å². The average molecular weight is 273 g/mol. The number of halogens is 1. The van der Waals surface area contributed by atoms with E-state index in [1.807, 2.05) is 25.1 Å². The van der Waals surface area contributed by atoms with E-state index in [1.165, 1.54) is 12.1 Å². The zero-order valence-corrected chi connectivity index (χ0v) is 11.1. The van der Waals surface area contributed by atoms with Gasteiger partial charge in [-0.3, -0.25) is 4.79 Å². The van der Waals surface area contributed by atoms with Crippen LogP contribution in [0.25, 0.3) is 0 Å². The van der Waals surface area contributed by atoms with Gasteiger partial charge in [0.25, 0.3) is 0 Å². The molecule has 0 saturated heterocycles. The first-order valence-electron chi connectivity index (χ1n) is 6.19. The predicted octanol–water partition coefficient (Wildman–Crippen LogP) is 2.68. The number of hydrogen-bond donors (Lipinski definition) is 3. The van der Waals surface area contributed by atoms with Crippen molar-refractivity contribution in [3.8, 4) is 0 Å². The minimum atomic E-state index is -0.657. The van der Waals surface area contributed by atoms with Gasteiger partial charge in [-0.05, 0) is 36.8 Å². The molecule has 0 saturated carbocycles. The summed E-state index contributed by atoms with van der Waals surface area (Å²) in [6, 6.07) is 11.3. The molecule has 2 aromatic rings. The van der Waals surface area contributed by atoms with Crippen molar-refractivity contribution in [2.75, 3.05) is 11.1 Å². The highest BCUT2D eigenvalue weighted by Crippen LogP contribution is 2.25. The summed E-state index contributed by atoms with van der Waals surface area (Å²) in [6.45, 7) is 1.88. The molecule has 104 valence electrons. The van der Waals surface area contributed by atoms with Crippen molar-refractivity contribution in [1.29, 1.82) is 0 Å².